The first-order valence-electron chi connectivity index (χ1n) is 7.52. The lowest BCUT2D eigenvalue weighted by atomic mass is 10.1. The molecule has 24 heavy (non-hydrogen) atoms. The van der Waals surface area contributed by atoms with E-state index in [1.807, 2.05) is 38.1 Å². The predicted molar refractivity (Wildman–Crippen MR) is 93.1 cm³/mol. The van der Waals surface area contributed by atoms with Crippen molar-refractivity contribution in [3.05, 3.63) is 47.2 Å². The molecule has 3 rings (SSSR count). The molecule has 1 aromatic heterocycles. The molecule has 0 bridgehead atoms. The van der Waals surface area contributed by atoms with Gasteiger partial charge in [0.1, 0.15) is 0 Å². The van der Waals surface area contributed by atoms with Crippen molar-refractivity contribution in [3.8, 4) is 11.5 Å². The van der Waals surface area contributed by atoms with Crippen LogP contribution < -0.4 is 14.8 Å². The molecule has 0 atom stereocenters. The number of nitrogens with zero attached hydrogens (tertiary/aromatic N) is 1. The Morgan fingerprint density at radius 3 is 2.50 bits per heavy atom. The van der Waals surface area contributed by atoms with Crippen LogP contribution in [0.4, 0.5) is 5.69 Å². The Morgan fingerprint density at radius 1 is 1.08 bits per heavy atom. The van der Waals surface area contributed by atoms with Gasteiger partial charge in [-0.05, 0) is 37.6 Å². The minimum Gasteiger partial charge on any atom is -0.493 e. The second-order valence-corrected chi connectivity index (χ2v) is 5.60. The molecule has 0 aliphatic heterocycles. The number of carbonyl (C=O) groups excluding carboxylic acids is 1. The highest BCUT2D eigenvalue weighted by Gasteiger charge is 2.17. The van der Waals surface area contributed by atoms with Crippen LogP contribution in [0.25, 0.3) is 10.9 Å². The van der Waals surface area contributed by atoms with E-state index in [2.05, 4.69) is 15.5 Å². The third-order valence-corrected chi connectivity index (χ3v) is 3.91. The first-order chi connectivity index (χ1) is 11.5. The summed E-state index contributed by atoms with van der Waals surface area (Å²) in [5.41, 5.74) is 3.79. The van der Waals surface area contributed by atoms with Gasteiger partial charge in [-0.1, -0.05) is 11.6 Å². The van der Waals surface area contributed by atoms with Gasteiger partial charge < -0.3 is 14.8 Å². The Morgan fingerprint density at radius 2 is 1.79 bits per heavy atom. The number of amides is 1. The number of H-pyrrole nitrogens is 1. The normalized spacial score (nSPS) is 10.7. The van der Waals surface area contributed by atoms with Crippen LogP contribution in [0.1, 0.15) is 21.6 Å². The first-order valence-corrected chi connectivity index (χ1v) is 7.52. The molecule has 0 aliphatic rings. The molecule has 2 N–H and O–H groups in total. The van der Waals surface area contributed by atoms with Gasteiger partial charge in [0.2, 0.25) is 0 Å². The summed E-state index contributed by atoms with van der Waals surface area (Å²) in [6.07, 6.45) is 0. The number of aryl methyl sites for hydroxylation is 2. The van der Waals surface area contributed by atoms with Crippen molar-refractivity contribution < 1.29 is 14.3 Å². The molecular weight excluding hydrogens is 306 g/mol. The van der Waals surface area contributed by atoms with Crippen LogP contribution in [0.3, 0.4) is 0 Å². The molecule has 0 saturated heterocycles. The van der Waals surface area contributed by atoms with Gasteiger partial charge in [0.25, 0.3) is 5.91 Å². The maximum absolute atomic E-state index is 12.6. The van der Waals surface area contributed by atoms with Gasteiger partial charge in [-0.2, -0.15) is 5.10 Å². The van der Waals surface area contributed by atoms with Gasteiger partial charge in [-0.15, -0.1) is 0 Å². The molecule has 1 amide bonds. The van der Waals surface area contributed by atoms with E-state index < -0.39 is 0 Å². The second kappa shape index (κ2) is 6.23. The number of fused-ring (bicyclic) bond motifs is 1. The highest BCUT2D eigenvalue weighted by atomic mass is 16.5. The summed E-state index contributed by atoms with van der Waals surface area (Å²) in [6, 6.07) is 9.39. The first kappa shape index (κ1) is 15.9. The number of ether oxygens (including phenoxy) is 2. The quantitative estimate of drug-likeness (QED) is 0.770. The maximum atomic E-state index is 12.6. The second-order valence-electron chi connectivity index (χ2n) is 5.60. The number of nitrogens with one attached hydrogen (secondary N) is 2. The summed E-state index contributed by atoms with van der Waals surface area (Å²) in [7, 11) is 3.14. The zero-order valence-electron chi connectivity index (χ0n) is 14.1. The molecule has 0 spiro atoms. The molecule has 1 heterocycles. The SMILES string of the molecule is COc1cc(C)c(NC(=O)c2n[nH]c3ccc(C)cc23)cc1OC. The Balaban J connectivity index is 1.95. The molecule has 3 aromatic rings. The minimum absolute atomic E-state index is 0.276. The van der Waals surface area contributed by atoms with Gasteiger partial charge >= 0.3 is 0 Å². The third kappa shape index (κ3) is 2.78. The number of hydrogen-bond acceptors (Lipinski definition) is 4. The summed E-state index contributed by atoms with van der Waals surface area (Å²) in [5.74, 6) is 0.900. The lowest BCUT2D eigenvalue weighted by Gasteiger charge is -2.13. The van der Waals surface area contributed by atoms with Crippen LogP contribution in [0.15, 0.2) is 30.3 Å². The summed E-state index contributed by atoms with van der Waals surface area (Å²) in [6.45, 7) is 3.87. The highest BCUT2D eigenvalue weighted by Crippen LogP contribution is 2.33. The van der Waals surface area contributed by atoms with Gasteiger partial charge in [0, 0.05) is 17.1 Å². The van der Waals surface area contributed by atoms with E-state index in [1.54, 1.807) is 20.3 Å². The zero-order chi connectivity index (χ0) is 17.3. The molecule has 0 radical (unpaired) electrons. The number of methoxy groups -OCH3 is 2. The summed E-state index contributed by atoms with van der Waals surface area (Å²) >= 11 is 0. The molecule has 0 saturated carbocycles. The van der Waals surface area contributed by atoms with Crippen molar-refractivity contribution in [3.63, 3.8) is 0 Å². The number of benzene rings is 2. The third-order valence-electron chi connectivity index (χ3n) is 3.91. The zero-order valence-corrected chi connectivity index (χ0v) is 14.1. The van der Waals surface area contributed by atoms with Crippen molar-refractivity contribution >= 4 is 22.5 Å². The molecular formula is C18H19N3O3. The van der Waals surface area contributed by atoms with Crippen molar-refractivity contribution in [2.75, 3.05) is 19.5 Å². The predicted octanol–water partition coefficient (Wildman–Crippen LogP) is 3.45. The molecule has 0 aliphatic carbocycles. The average molecular weight is 325 g/mol. The van der Waals surface area contributed by atoms with Crippen LogP contribution in [0, 0.1) is 13.8 Å². The Hall–Kier alpha value is -3.02. The number of aromatic nitrogens is 2. The monoisotopic (exact) mass is 325 g/mol. The molecule has 0 fully saturated rings. The van der Waals surface area contributed by atoms with E-state index in [9.17, 15) is 4.79 Å². The van der Waals surface area contributed by atoms with E-state index in [-0.39, 0.29) is 5.91 Å². The van der Waals surface area contributed by atoms with Gasteiger partial charge in [0.05, 0.1) is 19.7 Å². The fraction of sp³-hybridized carbons (Fsp3) is 0.222. The van der Waals surface area contributed by atoms with E-state index in [1.165, 1.54) is 0 Å². The van der Waals surface area contributed by atoms with E-state index >= 15 is 0 Å². The largest absolute Gasteiger partial charge is 0.493 e. The molecule has 6 heteroatoms. The summed E-state index contributed by atoms with van der Waals surface area (Å²) in [4.78, 5) is 12.6. The van der Waals surface area contributed by atoms with Gasteiger partial charge in [0.15, 0.2) is 17.2 Å². The van der Waals surface area contributed by atoms with E-state index in [4.69, 9.17) is 9.47 Å². The Kier molecular flexibility index (Phi) is 4.12. The van der Waals surface area contributed by atoms with Crippen molar-refractivity contribution in [2.45, 2.75) is 13.8 Å². The standard InChI is InChI=1S/C18H19N3O3/c1-10-5-6-13-12(7-10)17(21-20-13)18(22)19-14-9-16(24-4)15(23-3)8-11(14)2/h5-9H,1-4H3,(H,19,22)(H,20,21). The number of hydrogen-bond donors (Lipinski definition) is 2. The van der Waals surface area contributed by atoms with E-state index in [0.717, 1.165) is 22.0 Å². The molecule has 6 nitrogen and oxygen atoms in total. The maximum Gasteiger partial charge on any atom is 0.276 e. The van der Waals surface area contributed by atoms with Crippen LogP contribution in [-0.2, 0) is 0 Å². The summed E-state index contributed by atoms with van der Waals surface area (Å²) in [5, 5.41) is 10.7. The fourth-order valence-corrected chi connectivity index (χ4v) is 2.60. The molecule has 2 aromatic carbocycles. The number of aromatic amines is 1. The molecule has 124 valence electrons. The van der Waals surface area contributed by atoms with Gasteiger partial charge in [-0.3, -0.25) is 9.89 Å². The Bertz CT molecular complexity index is 915. The van der Waals surface area contributed by atoms with E-state index in [0.29, 0.717) is 22.9 Å². The smallest absolute Gasteiger partial charge is 0.276 e. The summed E-state index contributed by atoms with van der Waals surface area (Å²) < 4.78 is 10.6. The average Bonchev–Trinajstić information content (AvgIpc) is 2.99. The van der Waals surface area contributed by atoms with Crippen LogP contribution in [-0.4, -0.2) is 30.3 Å². The molecule has 0 unspecified atom stereocenters. The highest BCUT2D eigenvalue weighted by molar-refractivity contribution is 6.11. The van der Waals surface area contributed by atoms with Crippen LogP contribution in [0.5, 0.6) is 11.5 Å². The van der Waals surface area contributed by atoms with Crippen LogP contribution >= 0.6 is 0 Å². The van der Waals surface area contributed by atoms with Gasteiger partial charge in [-0.25, -0.2) is 0 Å². The minimum atomic E-state index is -0.276. The number of carbonyl (C=O) groups is 1. The fourth-order valence-electron chi connectivity index (χ4n) is 2.60. The number of anilines is 1. The lowest BCUT2D eigenvalue weighted by molar-refractivity contribution is 0.102. The topological polar surface area (TPSA) is 76.2 Å². The Labute approximate surface area is 139 Å². The number of rotatable bonds is 4. The lowest BCUT2D eigenvalue weighted by Crippen LogP contribution is -2.14. The van der Waals surface area contributed by atoms with Crippen molar-refractivity contribution in [1.82, 2.24) is 10.2 Å². The van der Waals surface area contributed by atoms with Crippen LogP contribution in [0.2, 0.25) is 0 Å². The van der Waals surface area contributed by atoms with Crippen molar-refractivity contribution in [1.29, 1.82) is 0 Å². The van der Waals surface area contributed by atoms with Crippen molar-refractivity contribution in [2.24, 2.45) is 0 Å².